The van der Waals surface area contributed by atoms with Crippen LogP contribution in [0.1, 0.15) is 39.5 Å². The third-order valence-corrected chi connectivity index (χ3v) is 7.66. The summed E-state index contributed by atoms with van der Waals surface area (Å²) in [7, 11) is -3.68. The molecular formula is C25H26N2O3S. The van der Waals surface area contributed by atoms with Crippen LogP contribution in [0.4, 0.5) is 11.4 Å². The molecule has 0 saturated heterocycles. The van der Waals surface area contributed by atoms with Crippen LogP contribution < -0.4 is 9.62 Å². The van der Waals surface area contributed by atoms with Gasteiger partial charge in [-0.1, -0.05) is 29.8 Å². The maximum Gasteiger partial charge on any atom is 0.264 e. The number of nitrogens with one attached hydrogen (secondary N) is 1. The van der Waals surface area contributed by atoms with Gasteiger partial charge in [-0.05, 0) is 87.2 Å². The highest BCUT2D eigenvalue weighted by atomic mass is 32.2. The van der Waals surface area contributed by atoms with Crippen LogP contribution in [0, 0.1) is 20.8 Å². The fraction of sp³-hybridized carbons (Fsp3) is 0.240. The first-order valence-electron chi connectivity index (χ1n) is 10.3. The van der Waals surface area contributed by atoms with Gasteiger partial charge < -0.3 is 5.32 Å². The molecule has 160 valence electrons. The number of aryl methyl sites for hydroxylation is 3. The van der Waals surface area contributed by atoms with Gasteiger partial charge in [-0.3, -0.25) is 9.10 Å². The van der Waals surface area contributed by atoms with Gasteiger partial charge in [0.25, 0.3) is 15.9 Å². The van der Waals surface area contributed by atoms with Gasteiger partial charge in [0, 0.05) is 17.3 Å². The minimum absolute atomic E-state index is 0.205. The lowest BCUT2D eigenvalue weighted by atomic mass is 10.1. The molecule has 1 atom stereocenters. The van der Waals surface area contributed by atoms with Gasteiger partial charge in [0.2, 0.25) is 0 Å². The Morgan fingerprint density at radius 1 is 0.935 bits per heavy atom. The Morgan fingerprint density at radius 3 is 2.32 bits per heavy atom. The Bertz CT molecular complexity index is 1260. The molecule has 0 fully saturated rings. The van der Waals surface area contributed by atoms with Crippen LogP contribution >= 0.6 is 0 Å². The molecule has 0 saturated carbocycles. The maximum absolute atomic E-state index is 13.3. The van der Waals surface area contributed by atoms with E-state index in [1.165, 1.54) is 4.31 Å². The van der Waals surface area contributed by atoms with Crippen LogP contribution in [0.3, 0.4) is 0 Å². The Kier molecular flexibility index (Phi) is 5.35. The van der Waals surface area contributed by atoms with Gasteiger partial charge >= 0.3 is 0 Å². The smallest absolute Gasteiger partial charge is 0.264 e. The zero-order valence-electron chi connectivity index (χ0n) is 18.1. The first-order valence-corrected chi connectivity index (χ1v) is 11.7. The lowest BCUT2D eigenvalue weighted by molar-refractivity contribution is 0.102. The zero-order valence-corrected chi connectivity index (χ0v) is 19.0. The second-order valence-electron chi connectivity index (χ2n) is 8.28. The zero-order chi connectivity index (χ0) is 22.3. The Labute approximate surface area is 183 Å². The molecule has 1 N–H and O–H groups in total. The predicted molar refractivity (Wildman–Crippen MR) is 124 cm³/mol. The van der Waals surface area contributed by atoms with Crippen molar-refractivity contribution in [1.29, 1.82) is 0 Å². The van der Waals surface area contributed by atoms with Gasteiger partial charge in [0.1, 0.15) is 0 Å². The summed E-state index contributed by atoms with van der Waals surface area (Å²) in [5.74, 6) is -0.205. The summed E-state index contributed by atoms with van der Waals surface area (Å²) >= 11 is 0. The molecule has 0 radical (unpaired) electrons. The molecule has 1 aliphatic heterocycles. The summed E-state index contributed by atoms with van der Waals surface area (Å²) in [4.78, 5) is 13.1. The van der Waals surface area contributed by atoms with Crippen molar-refractivity contribution in [2.45, 2.75) is 45.1 Å². The number of hydrogen-bond donors (Lipinski definition) is 1. The molecule has 4 rings (SSSR count). The molecule has 1 amide bonds. The summed E-state index contributed by atoms with van der Waals surface area (Å²) < 4.78 is 28.1. The van der Waals surface area contributed by atoms with E-state index in [1.807, 2.05) is 45.9 Å². The molecule has 0 unspecified atom stereocenters. The largest absolute Gasteiger partial charge is 0.322 e. The van der Waals surface area contributed by atoms with Crippen LogP contribution in [0.25, 0.3) is 0 Å². The molecule has 6 heteroatoms. The lowest BCUT2D eigenvalue weighted by Crippen LogP contribution is -2.35. The average molecular weight is 435 g/mol. The normalized spacial score (nSPS) is 15.6. The second-order valence-corrected chi connectivity index (χ2v) is 10.1. The van der Waals surface area contributed by atoms with Crippen LogP contribution in [0.2, 0.25) is 0 Å². The van der Waals surface area contributed by atoms with Crippen LogP contribution in [-0.2, 0) is 16.4 Å². The van der Waals surface area contributed by atoms with Crippen molar-refractivity contribution in [2.24, 2.45) is 0 Å². The monoisotopic (exact) mass is 434 g/mol. The number of rotatable bonds is 4. The number of amides is 1. The van der Waals surface area contributed by atoms with E-state index >= 15 is 0 Å². The minimum Gasteiger partial charge on any atom is -0.322 e. The predicted octanol–water partition coefficient (Wildman–Crippen LogP) is 5.00. The molecule has 0 spiro atoms. The summed E-state index contributed by atoms with van der Waals surface area (Å²) in [6.45, 7) is 7.75. The van der Waals surface area contributed by atoms with Gasteiger partial charge in [0.15, 0.2) is 0 Å². The van der Waals surface area contributed by atoms with E-state index in [2.05, 4.69) is 5.32 Å². The highest BCUT2D eigenvalue weighted by Crippen LogP contribution is 2.37. The highest BCUT2D eigenvalue weighted by Gasteiger charge is 2.36. The number of anilines is 2. The van der Waals surface area contributed by atoms with Crippen molar-refractivity contribution in [3.8, 4) is 0 Å². The molecule has 3 aromatic carbocycles. The van der Waals surface area contributed by atoms with Crippen molar-refractivity contribution in [1.82, 2.24) is 0 Å². The number of carbonyl (C=O) groups excluding carboxylic acids is 1. The van der Waals surface area contributed by atoms with E-state index in [-0.39, 0.29) is 16.8 Å². The van der Waals surface area contributed by atoms with Gasteiger partial charge in [0.05, 0.1) is 10.6 Å². The van der Waals surface area contributed by atoms with E-state index in [9.17, 15) is 13.2 Å². The van der Waals surface area contributed by atoms with Gasteiger partial charge in [-0.15, -0.1) is 0 Å². The summed E-state index contributed by atoms with van der Waals surface area (Å²) in [6, 6.07) is 17.8. The Morgan fingerprint density at radius 2 is 1.61 bits per heavy atom. The SMILES string of the molecule is Cc1ccc(S(=O)(=O)N2c3ccc(C(=O)Nc4cc(C)ccc4C)cc3C[C@H]2C)cc1. The fourth-order valence-electron chi connectivity index (χ4n) is 4.00. The first-order chi connectivity index (χ1) is 14.7. The van der Waals surface area contributed by atoms with Crippen molar-refractivity contribution < 1.29 is 13.2 Å². The standard InChI is InChI=1S/C25H26N2O3S/c1-16-6-10-22(11-7-16)31(29,30)27-19(4)14-21-15-20(9-12-24(21)27)25(28)26-23-13-17(2)5-8-18(23)3/h5-13,15,19H,14H2,1-4H3,(H,26,28)/t19-/m1/s1. The minimum atomic E-state index is -3.68. The third-order valence-electron chi connectivity index (χ3n) is 5.71. The molecule has 3 aromatic rings. The number of hydrogen-bond acceptors (Lipinski definition) is 3. The molecule has 0 bridgehead atoms. The second kappa shape index (κ2) is 7.85. The van der Waals surface area contributed by atoms with Crippen molar-refractivity contribution in [3.63, 3.8) is 0 Å². The molecule has 31 heavy (non-hydrogen) atoms. The van der Waals surface area contributed by atoms with Gasteiger partial charge in [-0.2, -0.15) is 0 Å². The fourth-order valence-corrected chi connectivity index (χ4v) is 5.69. The van der Waals surface area contributed by atoms with Crippen LogP contribution in [0.5, 0.6) is 0 Å². The number of benzene rings is 3. The molecule has 0 aromatic heterocycles. The van der Waals surface area contributed by atoms with Crippen LogP contribution in [-0.4, -0.2) is 20.4 Å². The lowest BCUT2D eigenvalue weighted by Gasteiger charge is -2.24. The highest BCUT2D eigenvalue weighted by molar-refractivity contribution is 7.92. The van der Waals surface area contributed by atoms with E-state index in [0.717, 1.165) is 27.9 Å². The van der Waals surface area contributed by atoms with E-state index < -0.39 is 10.0 Å². The molecule has 5 nitrogen and oxygen atoms in total. The molecule has 0 aliphatic carbocycles. The molecule has 1 aliphatic rings. The van der Waals surface area contributed by atoms with E-state index in [1.54, 1.807) is 42.5 Å². The Hall–Kier alpha value is -3.12. The quantitative estimate of drug-likeness (QED) is 0.628. The third kappa shape index (κ3) is 3.95. The number of nitrogens with zero attached hydrogens (tertiary/aromatic N) is 1. The topological polar surface area (TPSA) is 66.5 Å². The van der Waals surface area contributed by atoms with Crippen molar-refractivity contribution in [3.05, 3.63) is 88.5 Å². The van der Waals surface area contributed by atoms with E-state index in [4.69, 9.17) is 0 Å². The average Bonchev–Trinajstić information content (AvgIpc) is 3.06. The molecule has 1 heterocycles. The molecular weight excluding hydrogens is 408 g/mol. The maximum atomic E-state index is 13.3. The first kappa shape index (κ1) is 21.1. The summed E-state index contributed by atoms with van der Waals surface area (Å²) in [5, 5.41) is 2.97. The number of sulfonamides is 1. The summed E-state index contributed by atoms with van der Waals surface area (Å²) in [5.41, 5.74) is 5.86. The number of fused-ring (bicyclic) bond motifs is 1. The van der Waals surface area contributed by atoms with Crippen molar-refractivity contribution in [2.75, 3.05) is 9.62 Å². The van der Waals surface area contributed by atoms with Crippen molar-refractivity contribution >= 4 is 27.3 Å². The van der Waals surface area contributed by atoms with Gasteiger partial charge in [-0.25, -0.2) is 8.42 Å². The summed E-state index contributed by atoms with van der Waals surface area (Å²) in [6.07, 6.45) is 0.561. The van der Waals surface area contributed by atoms with Crippen LogP contribution in [0.15, 0.2) is 65.6 Å². The van der Waals surface area contributed by atoms with E-state index in [0.29, 0.717) is 17.7 Å². The Balaban J connectivity index is 1.64. The number of carbonyl (C=O) groups is 1.